The molecular weight excluding hydrogens is 894 g/mol. The molecule has 2 aliphatic rings. The Morgan fingerprint density at radius 1 is 0.724 bits per heavy atom. The molecule has 11 rings (SSSR count). The molecule has 6 aromatic carbocycles. The Kier molecular flexibility index (Phi) is 8.37. The van der Waals surface area contributed by atoms with Crippen molar-refractivity contribution in [3.05, 3.63) is 185 Å². The summed E-state index contributed by atoms with van der Waals surface area (Å²) in [7, 11) is 6.38. The first-order valence-corrected chi connectivity index (χ1v) is 19.5. The third-order valence-electron chi connectivity index (χ3n) is 11.9. The topological polar surface area (TPSA) is 39.1 Å². The maximum Gasteiger partial charge on any atom is 0.242 e. The van der Waals surface area contributed by atoms with Gasteiger partial charge in [0.05, 0.1) is 18.1 Å². The molecule has 0 saturated carbocycles. The average molecular weight is 933 g/mol. The van der Waals surface area contributed by atoms with Crippen molar-refractivity contribution in [3.63, 3.8) is 0 Å². The van der Waals surface area contributed by atoms with E-state index in [9.17, 15) is 0 Å². The van der Waals surface area contributed by atoms with Crippen LogP contribution in [0.2, 0.25) is 0 Å². The summed E-state index contributed by atoms with van der Waals surface area (Å²) in [4.78, 5) is 6.98. The number of imidazole rings is 1. The summed E-state index contributed by atoms with van der Waals surface area (Å²) in [5, 5.41) is 2.23. The predicted octanol–water partition coefficient (Wildman–Crippen LogP) is 10.5. The van der Waals surface area contributed by atoms with Crippen molar-refractivity contribution in [3.8, 4) is 23.0 Å². The molecule has 0 bridgehead atoms. The minimum absolute atomic E-state index is 0. The number of fused-ring (bicyclic) bond motifs is 11. The van der Waals surface area contributed by atoms with Gasteiger partial charge in [0, 0.05) is 69.5 Å². The summed E-state index contributed by atoms with van der Waals surface area (Å²) >= 11 is 0. The molecule has 0 amide bonds. The number of aryl methyl sites for hydroxylation is 1. The number of nitrogens with zero attached hydrogens (tertiary/aromatic N) is 5. The van der Waals surface area contributed by atoms with Gasteiger partial charge in [-0.05, 0) is 69.0 Å². The van der Waals surface area contributed by atoms with E-state index in [-0.39, 0.29) is 27.0 Å². The molecule has 58 heavy (non-hydrogen) atoms. The van der Waals surface area contributed by atoms with E-state index in [2.05, 4.69) is 181 Å². The maximum atomic E-state index is 6.79. The first kappa shape index (κ1) is 36.1. The molecule has 1 atom stereocenters. The van der Waals surface area contributed by atoms with Gasteiger partial charge in [0.1, 0.15) is 5.82 Å². The van der Waals surface area contributed by atoms with Crippen LogP contribution in [0.5, 0.6) is 11.5 Å². The van der Waals surface area contributed by atoms with Crippen molar-refractivity contribution in [2.24, 2.45) is 7.05 Å². The van der Waals surface area contributed by atoms with Gasteiger partial charge in [-0.3, -0.25) is 0 Å². The molecule has 3 aromatic heterocycles. The zero-order valence-electron chi connectivity index (χ0n) is 32.8. The van der Waals surface area contributed by atoms with Crippen LogP contribution in [-0.4, -0.2) is 28.2 Å². The number of hydrogen-bond donors (Lipinski definition) is 0. The Balaban J connectivity index is 0.00000408. The van der Waals surface area contributed by atoms with Gasteiger partial charge in [-0.15, -0.1) is 35.2 Å². The van der Waals surface area contributed by atoms with Crippen LogP contribution in [0.15, 0.2) is 128 Å². The van der Waals surface area contributed by atoms with Gasteiger partial charge in [0.2, 0.25) is 6.33 Å². The minimum atomic E-state index is -0.705. The Morgan fingerprint density at radius 2 is 1.47 bits per heavy atom. The predicted molar refractivity (Wildman–Crippen MR) is 229 cm³/mol. The third kappa shape index (κ3) is 5.01. The van der Waals surface area contributed by atoms with Gasteiger partial charge in [-0.25, -0.2) is 4.98 Å². The first-order chi connectivity index (χ1) is 27.8. The third-order valence-corrected chi connectivity index (χ3v) is 11.9. The summed E-state index contributed by atoms with van der Waals surface area (Å²) in [6.07, 6.45) is 10.1. The van der Waals surface area contributed by atoms with E-state index in [0.717, 1.165) is 49.9 Å². The molecule has 0 fully saturated rings. The van der Waals surface area contributed by atoms with E-state index < -0.39 is 5.41 Å². The van der Waals surface area contributed by atoms with Crippen LogP contribution in [0.4, 0.5) is 5.69 Å². The first-order valence-electron chi connectivity index (χ1n) is 19.5. The number of anilines is 1. The standard InChI is InChI=1S/C51H39N5O.Pt/c1-32(2)37-16-10-13-33-22-23-34-14-11-19-43(53(3)4)49(34)51(48(33)37)40-27-25-36(30-46(40)55-31-54(5)44-20-12-17-41(51)50(44)55)57-35-24-26-39-38-15-6-7-18-42(38)56(45(39)29-35)47-21-8-9-28-52-47;/h6-28,32H,1-5H3;/q-2;. The van der Waals surface area contributed by atoms with E-state index in [1.807, 2.05) is 30.5 Å². The van der Waals surface area contributed by atoms with Crippen LogP contribution in [0.25, 0.3) is 56.5 Å². The van der Waals surface area contributed by atoms with Crippen molar-refractivity contribution in [1.29, 1.82) is 0 Å². The molecule has 1 unspecified atom stereocenters. The maximum absolute atomic E-state index is 6.79. The van der Waals surface area contributed by atoms with Crippen LogP contribution < -0.4 is 14.2 Å². The Labute approximate surface area is 352 Å². The van der Waals surface area contributed by atoms with Crippen LogP contribution >= 0.6 is 0 Å². The molecular formula is C51H39N5OPt-2. The SMILES string of the molecule is CC(C)c1cccc2c1C1(c3ccc(Oc4[c-]c5c(cc4)c4ccccc4n5-c4ccccn4)[c-]c3-n3[c-][n+](C)c4cccc1c43)c1c(cccc1N(C)C)C=C2.[Pt]. The van der Waals surface area contributed by atoms with Gasteiger partial charge >= 0.3 is 0 Å². The van der Waals surface area contributed by atoms with E-state index >= 15 is 0 Å². The Bertz CT molecular complexity index is 3070. The molecule has 6 nitrogen and oxygen atoms in total. The summed E-state index contributed by atoms with van der Waals surface area (Å²) in [6, 6.07) is 50.5. The smallest absolute Gasteiger partial charge is 0.242 e. The van der Waals surface area contributed by atoms with Gasteiger partial charge < -0.3 is 23.3 Å². The molecule has 1 aliphatic carbocycles. The largest absolute Gasteiger partial charge is 0.510 e. The van der Waals surface area contributed by atoms with Crippen molar-refractivity contribution in [2.45, 2.75) is 25.2 Å². The Hall–Kier alpha value is -6.23. The molecule has 0 saturated heterocycles. The van der Waals surface area contributed by atoms with Crippen molar-refractivity contribution in [1.82, 2.24) is 14.1 Å². The fourth-order valence-electron chi connectivity index (χ4n) is 9.64. The van der Waals surface area contributed by atoms with Crippen molar-refractivity contribution >= 4 is 50.7 Å². The fourth-order valence-corrected chi connectivity index (χ4v) is 9.64. The van der Waals surface area contributed by atoms with E-state index in [1.165, 1.54) is 39.1 Å². The van der Waals surface area contributed by atoms with Crippen LogP contribution in [0.3, 0.4) is 0 Å². The monoisotopic (exact) mass is 932 g/mol. The molecule has 0 radical (unpaired) electrons. The normalized spacial score (nSPS) is 15.0. The molecule has 286 valence electrons. The number of rotatable bonds is 5. The molecule has 1 aliphatic heterocycles. The summed E-state index contributed by atoms with van der Waals surface area (Å²) in [5.41, 5.74) is 14.2. The zero-order chi connectivity index (χ0) is 38.6. The van der Waals surface area contributed by atoms with Crippen LogP contribution in [-0.2, 0) is 33.5 Å². The van der Waals surface area contributed by atoms with Crippen molar-refractivity contribution in [2.75, 3.05) is 19.0 Å². The van der Waals surface area contributed by atoms with E-state index in [1.54, 1.807) is 0 Å². The van der Waals surface area contributed by atoms with E-state index in [0.29, 0.717) is 11.5 Å². The molecule has 7 heteroatoms. The summed E-state index contributed by atoms with van der Waals surface area (Å²) in [5.74, 6) is 2.31. The number of benzene rings is 6. The number of hydrogen-bond acceptors (Lipinski definition) is 3. The van der Waals surface area contributed by atoms with Crippen molar-refractivity contribution < 1.29 is 30.4 Å². The summed E-state index contributed by atoms with van der Waals surface area (Å²) in [6.45, 7) is 4.61. The van der Waals surface area contributed by atoms with Gasteiger partial charge in [-0.2, -0.15) is 12.1 Å². The number of para-hydroxylation sites is 2. The van der Waals surface area contributed by atoms with Gasteiger partial charge in [0.25, 0.3) is 0 Å². The second-order valence-electron chi connectivity index (χ2n) is 15.7. The molecule has 0 N–H and O–H groups in total. The van der Waals surface area contributed by atoms with Crippen LogP contribution in [0, 0.1) is 18.5 Å². The van der Waals surface area contributed by atoms with Gasteiger partial charge in [0.15, 0.2) is 0 Å². The molecule has 4 heterocycles. The second kappa shape index (κ2) is 13.4. The minimum Gasteiger partial charge on any atom is -0.510 e. The average Bonchev–Trinajstić information content (AvgIpc) is 3.70. The van der Waals surface area contributed by atoms with Crippen LogP contribution in [0.1, 0.15) is 58.7 Å². The number of pyridine rings is 1. The number of ether oxygens (including phenoxy) is 1. The zero-order valence-corrected chi connectivity index (χ0v) is 35.1. The van der Waals surface area contributed by atoms with E-state index in [4.69, 9.17) is 9.72 Å². The molecule has 1 spiro atoms. The quantitative estimate of drug-likeness (QED) is 0.128. The van der Waals surface area contributed by atoms with Gasteiger partial charge in [-0.1, -0.05) is 110 Å². The number of aromatic nitrogens is 4. The fraction of sp³-hybridized carbons (Fsp3) is 0.137. The second-order valence-corrected chi connectivity index (χ2v) is 15.7. The Morgan fingerprint density at radius 3 is 2.26 bits per heavy atom. The molecule has 9 aromatic rings. The summed E-state index contributed by atoms with van der Waals surface area (Å²) < 4.78 is 13.2.